The Labute approximate surface area is 126 Å². The highest BCUT2D eigenvalue weighted by molar-refractivity contribution is 9.10. The summed E-state index contributed by atoms with van der Waals surface area (Å²) >= 11 is 14.9. The van der Waals surface area contributed by atoms with Crippen LogP contribution in [-0.2, 0) is 0 Å². The van der Waals surface area contributed by atoms with Crippen LogP contribution in [0.1, 0.15) is 17.2 Å². The molecule has 1 unspecified atom stereocenters. The molecular weight excluding hydrogens is 361 g/mol. The molecule has 1 nitrogen and oxygen atoms in total. The number of rotatable bonds is 2. The fourth-order valence-corrected chi connectivity index (χ4v) is 2.54. The first-order valence-electron chi connectivity index (χ1n) is 5.17. The first-order valence-corrected chi connectivity index (χ1v) is 6.72. The molecule has 0 radical (unpaired) electrons. The van der Waals surface area contributed by atoms with Crippen LogP contribution >= 0.6 is 39.1 Å². The van der Waals surface area contributed by atoms with E-state index in [1.165, 1.54) is 6.07 Å². The summed E-state index contributed by atoms with van der Waals surface area (Å²) in [4.78, 5) is 0. The van der Waals surface area contributed by atoms with Crippen molar-refractivity contribution >= 4 is 39.1 Å². The lowest BCUT2D eigenvalue weighted by Gasteiger charge is -2.15. The van der Waals surface area contributed by atoms with E-state index in [4.69, 9.17) is 23.2 Å². The molecule has 2 aromatic carbocycles. The van der Waals surface area contributed by atoms with E-state index in [1.54, 1.807) is 12.1 Å². The van der Waals surface area contributed by atoms with Crippen LogP contribution in [0, 0.1) is 11.6 Å². The molecule has 0 heterocycles. The molecule has 2 rings (SSSR count). The van der Waals surface area contributed by atoms with Crippen molar-refractivity contribution in [1.82, 2.24) is 0 Å². The molecule has 100 valence electrons. The predicted molar refractivity (Wildman–Crippen MR) is 74.6 cm³/mol. The van der Waals surface area contributed by atoms with E-state index in [-0.39, 0.29) is 10.6 Å². The highest BCUT2D eigenvalue weighted by Gasteiger charge is 2.19. The number of aliphatic hydroxyl groups excluding tert-OH is 1. The van der Waals surface area contributed by atoms with Gasteiger partial charge in [0, 0.05) is 25.6 Å². The van der Waals surface area contributed by atoms with Crippen molar-refractivity contribution in [1.29, 1.82) is 0 Å². The van der Waals surface area contributed by atoms with Crippen LogP contribution in [0.3, 0.4) is 0 Å². The number of halogens is 5. The zero-order chi connectivity index (χ0) is 14.2. The SMILES string of the molecule is OC(c1cc(F)c(F)cc1Cl)c1cc(Cl)ccc1Br. The molecule has 0 aromatic heterocycles. The van der Waals surface area contributed by atoms with Crippen molar-refractivity contribution < 1.29 is 13.9 Å². The number of benzene rings is 2. The van der Waals surface area contributed by atoms with Crippen LogP contribution in [0.15, 0.2) is 34.8 Å². The third kappa shape index (κ3) is 3.08. The minimum atomic E-state index is -1.21. The molecule has 2 aromatic rings. The molecule has 0 fully saturated rings. The van der Waals surface area contributed by atoms with Crippen LogP contribution in [0.2, 0.25) is 10.0 Å². The van der Waals surface area contributed by atoms with Crippen molar-refractivity contribution in [2.75, 3.05) is 0 Å². The van der Waals surface area contributed by atoms with Crippen molar-refractivity contribution in [3.8, 4) is 0 Å². The summed E-state index contributed by atoms with van der Waals surface area (Å²) in [5, 5.41) is 10.6. The molecule has 1 atom stereocenters. The molecule has 0 saturated carbocycles. The van der Waals surface area contributed by atoms with Gasteiger partial charge in [0.2, 0.25) is 0 Å². The predicted octanol–water partition coefficient (Wildman–Crippen LogP) is 5.12. The molecular formula is C13H7BrCl2F2O. The second-order valence-electron chi connectivity index (χ2n) is 3.86. The highest BCUT2D eigenvalue weighted by Crippen LogP contribution is 2.34. The van der Waals surface area contributed by atoms with Crippen molar-refractivity contribution in [3.63, 3.8) is 0 Å². The zero-order valence-electron chi connectivity index (χ0n) is 9.30. The molecule has 0 spiro atoms. The Balaban J connectivity index is 2.52. The van der Waals surface area contributed by atoms with E-state index in [9.17, 15) is 13.9 Å². The minimum Gasteiger partial charge on any atom is -0.384 e. The Morgan fingerprint density at radius 1 is 1.00 bits per heavy atom. The Bertz CT molecular complexity index is 634. The molecule has 19 heavy (non-hydrogen) atoms. The molecule has 0 amide bonds. The van der Waals surface area contributed by atoms with Crippen molar-refractivity contribution in [3.05, 3.63) is 67.6 Å². The summed E-state index contributed by atoms with van der Waals surface area (Å²) in [6.45, 7) is 0. The molecule has 0 bridgehead atoms. The van der Waals surface area contributed by atoms with Gasteiger partial charge in [0.25, 0.3) is 0 Å². The summed E-state index contributed by atoms with van der Waals surface area (Å²) in [6.07, 6.45) is -1.21. The van der Waals surface area contributed by atoms with Gasteiger partial charge >= 0.3 is 0 Å². The smallest absolute Gasteiger partial charge is 0.160 e. The Morgan fingerprint density at radius 3 is 2.32 bits per heavy atom. The van der Waals surface area contributed by atoms with Gasteiger partial charge in [-0.15, -0.1) is 0 Å². The molecule has 0 saturated heterocycles. The summed E-state index contributed by atoms with van der Waals surface area (Å²) in [7, 11) is 0. The third-order valence-corrected chi connectivity index (χ3v) is 3.87. The van der Waals surface area contributed by atoms with Crippen LogP contribution in [0.4, 0.5) is 8.78 Å². The van der Waals surface area contributed by atoms with Crippen molar-refractivity contribution in [2.45, 2.75) is 6.10 Å². The zero-order valence-corrected chi connectivity index (χ0v) is 12.4. The van der Waals surface area contributed by atoms with Gasteiger partial charge in [-0.05, 0) is 30.3 Å². The Morgan fingerprint density at radius 2 is 1.63 bits per heavy atom. The maximum Gasteiger partial charge on any atom is 0.160 e. The number of aliphatic hydroxyl groups is 1. The lowest BCUT2D eigenvalue weighted by molar-refractivity contribution is 0.219. The summed E-state index contributed by atoms with van der Waals surface area (Å²) in [5.41, 5.74) is 0.490. The van der Waals surface area contributed by atoms with E-state index in [1.807, 2.05) is 0 Å². The fourth-order valence-electron chi connectivity index (χ4n) is 1.64. The lowest BCUT2D eigenvalue weighted by atomic mass is 10.0. The summed E-state index contributed by atoms with van der Waals surface area (Å²) in [6, 6.07) is 6.50. The first kappa shape index (κ1) is 14.7. The van der Waals surface area contributed by atoms with Gasteiger partial charge in [-0.1, -0.05) is 39.1 Å². The van der Waals surface area contributed by atoms with Crippen LogP contribution < -0.4 is 0 Å². The highest BCUT2D eigenvalue weighted by atomic mass is 79.9. The van der Waals surface area contributed by atoms with Gasteiger partial charge in [-0.25, -0.2) is 8.78 Å². The van der Waals surface area contributed by atoms with Crippen LogP contribution in [0.5, 0.6) is 0 Å². The average molecular weight is 368 g/mol. The maximum absolute atomic E-state index is 13.2. The monoisotopic (exact) mass is 366 g/mol. The third-order valence-electron chi connectivity index (χ3n) is 2.59. The molecule has 0 aliphatic heterocycles. The van der Waals surface area contributed by atoms with E-state index < -0.39 is 17.7 Å². The van der Waals surface area contributed by atoms with Gasteiger partial charge in [0.1, 0.15) is 6.10 Å². The molecule has 0 aliphatic rings. The van der Waals surface area contributed by atoms with Gasteiger partial charge in [-0.2, -0.15) is 0 Å². The summed E-state index contributed by atoms with van der Waals surface area (Å²) in [5.74, 6) is -2.14. The largest absolute Gasteiger partial charge is 0.384 e. The minimum absolute atomic E-state index is 0.0572. The van der Waals surface area contributed by atoms with Gasteiger partial charge in [0.15, 0.2) is 11.6 Å². The Hall–Kier alpha value is -0.680. The maximum atomic E-state index is 13.2. The Kier molecular flexibility index (Phi) is 4.46. The van der Waals surface area contributed by atoms with E-state index in [2.05, 4.69) is 15.9 Å². The standard InChI is InChI=1S/C13H7BrCl2F2O/c14-9-2-1-6(15)3-7(9)13(19)8-4-11(17)12(18)5-10(8)16/h1-5,13,19H. The van der Waals surface area contributed by atoms with E-state index in [0.29, 0.717) is 15.1 Å². The van der Waals surface area contributed by atoms with Crippen LogP contribution in [0.25, 0.3) is 0 Å². The average Bonchev–Trinajstić information content (AvgIpc) is 2.36. The first-order chi connectivity index (χ1) is 8.90. The second-order valence-corrected chi connectivity index (χ2v) is 5.55. The van der Waals surface area contributed by atoms with E-state index in [0.717, 1.165) is 12.1 Å². The van der Waals surface area contributed by atoms with Gasteiger partial charge in [0.05, 0.1) is 0 Å². The molecule has 0 aliphatic carbocycles. The number of hydrogen-bond donors (Lipinski definition) is 1. The fraction of sp³-hybridized carbons (Fsp3) is 0.0769. The van der Waals surface area contributed by atoms with Gasteiger partial charge < -0.3 is 5.11 Å². The van der Waals surface area contributed by atoms with Crippen molar-refractivity contribution in [2.24, 2.45) is 0 Å². The normalized spacial score (nSPS) is 12.5. The second kappa shape index (κ2) is 5.75. The van der Waals surface area contributed by atoms with Crippen LogP contribution in [-0.4, -0.2) is 5.11 Å². The molecule has 1 N–H and O–H groups in total. The lowest BCUT2D eigenvalue weighted by Crippen LogP contribution is -2.03. The van der Waals surface area contributed by atoms with Gasteiger partial charge in [-0.3, -0.25) is 0 Å². The number of hydrogen-bond acceptors (Lipinski definition) is 1. The topological polar surface area (TPSA) is 20.2 Å². The molecule has 6 heteroatoms. The summed E-state index contributed by atoms with van der Waals surface area (Å²) < 4.78 is 26.8. The quantitative estimate of drug-likeness (QED) is 0.730. The van der Waals surface area contributed by atoms with E-state index >= 15 is 0 Å².